The maximum absolute atomic E-state index is 12.3. The lowest BCUT2D eigenvalue weighted by atomic mass is 10.1. The number of hydrogen-bond donors (Lipinski definition) is 2. The van der Waals surface area contributed by atoms with E-state index in [-0.39, 0.29) is 5.91 Å². The van der Waals surface area contributed by atoms with Crippen molar-refractivity contribution < 1.29 is 4.79 Å². The van der Waals surface area contributed by atoms with Crippen LogP contribution in [0.5, 0.6) is 0 Å². The van der Waals surface area contributed by atoms with Crippen molar-refractivity contribution in [1.82, 2.24) is 20.2 Å². The summed E-state index contributed by atoms with van der Waals surface area (Å²) in [5.74, 6) is 1.11. The molecule has 2 heterocycles. The fourth-order valence-electron chi connectivity index (χ4n) is 3.04. The Morgan fingerprint density at radius 2 is 2.00 bits per heavy atom. The molecular weight excluding hydrogens is 264 g/mol. The third kappa shape index (κ3) is 3.24. The van der Waals surface area contributed by atoms with Gasteiger partial charge in [-0.05, 0) is 26.0 Å². The zero-order valence-corrected chi connectivity index (χ0v) is 12.6. The highest BCUT2D eigenvalue weighted by Gasteiger charge is 2.24. The highest BCUT2D eigenvalue weighted by molar-refractivity contribution is 5.77. The molecule has 0 aliphatic carbocycles. The van der Waals surface area contributed by atoms with Crippen LogP contribution in [-0.4, -0.2) is 45.9 Å². The van der Waals surface area contributed by atoms with E-state index in [2.05, 4.69) is 29.1 Å². The number of fused-ring (bicyclic) bond motifs is 1. The van der Waals surface area contributed by atoms with E-state index < -0.39 is 0 Å². The highest BCUT2D eigenvalue weighted by Crippen LogP contribution is 2.12. The number of aryl methyl sites for hydroxylation is 1. The van der Waals surface area contributed by atoms with Crippen LogP contribution < -0.4 is 5.32 Å². The second-order valence-corrected chi connectivity index (χ2v) is 5.97. The van der Waals surface area contributed by atoms with Gasteiger partial charge < -0.3 is 15.2 Å². The van der Waals surface area contributed by atoms with E-state index in [1.807, 2.05) is 29.2 Å². The Kier molecular flexibility index (Phi) is 3.92. The molecule has 2 atom stereocenters. The minimum atomic E-state index is 0.218. The van der Waals surface area contributed by atoms with Gasteiger partial charge in [0.1, 0.15) is 5.82 Å². The molecule has 1 fully saturated rings. The number of carbonyl (C=O) groups is 1. The van der Waals surface area contributed by atoms with Crippen LogP contribution in [0.3, 0.4) is 0 Å². The lowest BCUT2D eigenvalue weighted by Crippen LogP contribution is -2.55. The summed E-state index contributed by atoms with van der Waals surface area (Å²) >= 11 is 0. The molecule has 0 saturated carbocycles. The highest BCUT2D eigenvalue weighted by atomic mass is 16.2. The number of aromatic nitrogens is 2. The van der Waals surface area contributed by atoms with Crippen LogP contribution >= 0.6 is 0 Å². The predicted octanol–water partition coefficient (Wildman–Crippen LogP) is 1.70. The van der Waals surface area contributed by atoms with Gasteiger partial charge in [0.2, 0.25) is 5.91 Å². The Labute approximate surface area is 124 Å². The molecule has 2 N–H and O–H groups in total. The number of benzene rings is 1. The molecule has 1 aromatic carbocycles. The molecule has 1 aliphatic rings. The minimum Gasteiger partial charge on any atom is -0.342 e. The number of nitrogens with zero attached hydrogens (tertiary/aromatic N) is 2. The number of rotatable bonds is 3. The van der Waals surface area contributed by atoms with Crippen LogP contribution in [0, 0.1) is 0 Å². The van der Waals surface area contributed by atoms with E-state index in [0.717, 1.165) is 29.9 Å². The first-order valence-corrected chi connectivity index (χ1v) is 7.59. The molecule has 1 amide bonds. The summed E-state index contributed by atoms with van der Waals surface area (Å²) in [4.78, 5) is 22.1. The van der Waals surface area contributed by atoms with Gasteiger partial charge in [0.25, 0.3) is 0 Å². The smallest absolute Gasteiger partial charge is 0.223 e. The second kappa shape index (κ2) is 5.85. The predicted molar refractivity (Wildman–Crippen MR) is 83.1 cm³/mol. The first kappa shape index (κ1) is 14.1. The Hall–Kier alpha value is -1.88. The number of para-hydroxylation sites is 2. The molecule has 112 valence electrons. The van der Waals surface area contributed by atoms with Gasteiger partial charge >= 0.3 is 0 Å². The number of carbonyl (C=O) groups excluding carboxylic acids is 1. The summed E-state index contributed by atoms with van der Waals surface area (Å²) in [5, 5.41) is 3.44. The van der Waals surface area contributed by atoms with Crippen molar-refractivity contribution in [3.63, 3.8) is 0 Å². The monoisotopic (exact) mass is 286 g/mol. The van der Waals surface area contributed by atoms with Crippen LogP contribution in [0.4, 0.5) is 0 Å². The first-order chi connectivity index (χ1) is 10.1. The van der Waals surface area contributed by atoms with Crippen molar-refractivity contribution in [2.24, 2.45) is 0 Å². The molecule has 0 bridgehead atoms. The van der Waals surface area contributed by atoms with Crippen molar-refractivity contribution in [3.8, 4) is 0 Å². The average molecular weight is 286 g/mol. The zero-order chi connectivity index (χ0) is 14.8. The molecular formula is C16H22N4O. The van der Waals surface area contributed by atoms with Gasteiger partial charge in [0.15, 0.2) is 0 Å². The van der Waals surface area contributed by atoms with E-state index in [9.17, 15) is 4.79 Å². The van der Waals surface area contributed by atoms with Gasteiger partial charge in [-0.15, -0.1) is 0 Å². The van der Waals surface area contributed by atoms with Crippen molar-refractivity contribution in [3.05, 3.63) is 30.1 Å². The first-order valence-electron chi connectivity index (χ1n) is 7.59. The average Bonchev–Trinajstić information content (AvgIpc) is 2.86. The topological polar surface area (TPSA) is 61.0 Å². The Morgan fingerprint density at radius 1 is 1.29 bits per heavy atom. The third-order valence-electron chi connectivity index (χ3n) is 3.92. The summed E-state index contributed by atoms with van der Waals surface area (Å²) in [6.07, 6.45) is 1.18. The number of hydrogen-bond acceptors (Lipinski definition) is 3. The van der Waals surface area contributed by atoms with Crippen LogP contribution in [0.1, 0.15) is 26.1 Å². The number of piperazine rings is 1. The van der Waals surface area contributed by atoms with Crippen LogP contribution in [0.15, 0.2) is 24.3 Å². The standard InChI is InChI=1S/C16H22N4O/c1-11-9-20(10-12(2)17-11)16(21)8-7-15-18-13-5-3-4-6-14(13)19-15/h3-6,11-12,17H,7-10H2,1-2H3,(H,18,19)/t11-,12-/m0/s1. The van der Waals surface area contributed by atoms with Crippen molar-refractivity contribution >= 4 is 16.9 Å². The van der Waals surface area contributed by atoms with Crippen molar-refractivity contribution in [2.45, 2.75) is 38.8 Å². The summed E-state index contributed by atoms with van der Waals surface area (Å²) in [5.41, 5.74) is 1.99. The van der Waals surface area contributed by atoms with E-state index >= 15 is 0 Å². The van der Waals surface area contributed by atoms with E-state index in [0.29, 0.717) is 24.9 Å². The maximum Gasteiger partial charge on any atom is 0.223 e. The summed E-state index contributed by atoms with van der Waals surface area (Å²) < 4.78 is 0. The fourth-order valence-corrected chi connectivity index (χ4v) is 3.04. The van der Waals surface area contributed by atoms with Crippen molar-refractivity contribution in [2.75, 3.05) is 13.1 Å². The Morgan fingerprint density at radius 3 is 2.71 bits per heavy atom. The quantitative estimate of drug-likeness (QED) is 0.903. The lowest BCUT2D eigenvalue weighted by molar-refractivity contribution is -0.132. The van der Waals surface area contributed by atoms with Gasteiger partial charge in [-0.3, -0.25) is 4.79 Å². The molecule has 5 heteroatoms. The molecule has 0 radical (unpaired) electrons. The number of imidazole rings is 1. The third-order valence-corrected chi connectivity index (χ3v) is 3.92. The fraction of sp³-hybridized carbons (Fsp3) is 0.500. The molecule has 0 unspecified atom stereocenters. The summed E-state index contributed by atoms with van der Waals surface area (Å²) in [6, 6.07) is 8.68. The number of H-pyrrole nitrogens is 1. The number of amides is 1. The normalized spacial score (nSPS) is 22.7. The molecule has 21 heavy (non-hydrogen) atoms. The number of aromatic amines is 1. The molecule has 2 aromatic rings. The van der Waals surface area contributed by atoms with Crippen LogP contribution in [-0.2, 0) is 11.2 Å². The molecule has 1 saturated heterocycles. The van der Waals surface area contributed by atoms with Gasteiger partial charge in [0.05, 0.1) is 11.0 Å². The van der Waals surface area contributed by atoms with Gasteiger partial charge in [0, 0.05) is 38.0 Å². The second-order valence-electron chi connectivity index (χ2n) is 5.97. The Balaban J connectivity index is 1.60. The van der Waals surface area contributed by atoms with Crippen LogP contribution in [0.25, 0.3) is 11.0 Å². The molecule has 1 aromatic heterocycles. The SMILES string of the molecule is C[C@H]1CN(C(=O)CCc2nc3ccccc3[nH]2)C[C@H](C)N1. The van der Waals surface area contributed by atoms with E-state index in [1.165, 1.54) is 0 Å². The Bertz CT molecular complexity index is 593. The lowest BCUT2D eigenvalue weighted by Gasteiger charge is -2.36. The summed E-state index contributed by atoms with van der Waals surface area (Å²) in [6.45, 7) is 5.83. The van der Waals surface area contributed by atoms with Gasteiger partial charge in [-0.2, -0.15) is 0 Å². The largest absolute Gasteiger partial charge is 0.342 e. The zero-order valence-electron chi connectivity index (χ0n) is 12.6. The van der Waals surface area contributed by atoms with Gasteiger partial charge in [-0.25, -0.2) is 4.98 Å². The van der Waals surface area contributed by atoms with Crippen molar-refractivity contribution in [1.29, 1.82) is 0 Å². The molecule has 0 spiro atoms. The summed E-state index contributed by atoms with van der Waals surface area (Å²) in [7, 11) is 0. The maximum atomic E-state index is 12.3. The molecule has 1 aliphatic heterocycles. The van der Waals surface area contributed by atoms with Crippen LogP contribution in [0.2, 0.25) is 0 Å². The van der Waals surface area contributed by atoms with Gasteiger partial charge in [-0.1, -0.05) is 12.1 Å². The number of nitrogens with one attached hydrogen (secondary N) is 2. The molecule has 3 rings (SSSR count). The minimum absolute atomic E-state index is 0.218. The molecule has 5 nitrogen and oxygen atoms in total. The van der Waals surface area contributed by atoms with E-state index in [4.69, 9.17) is 0 Å². The van der Waals surface area contributed by atoms with E-state index in [1.54, 1.807) is 0 Å².